The number of thiophene rings is 1. The van der Waals surface area contributed by atoms with Crippen LogP contribution in [-0.2, 0) is 11.0 Å². The van der Waals surface area contributed by atoms with Crippen LogP contribution in [0.3, 0.4) is 0 Å². The molecule has 33 heavy (non-hydrogen) atoms. The monoisotopic (exact) mass is 494 g/mol. The van der Waals surface area contributed by atoms with E-state index in [1.807, 2.05) is 6.07 Å². The second-order valence-corrected chi connectivity index (χ2v) is 8.91. The van der Waals surface area contributed by atoms with E-state index < -0.39 is 22.6 Å². The summed E-state index contributed by atoms with van der Waals surface area (Å²) in [4.78, 5) is 25.2. The molecule has 0 bridgehead atoms. The van der Waals surface area contributed by atoms with Crippen LogP contribution in [0.25, 0.3) is 0 Å². The summed E-state index contributed by atoms with van der Waals surface area (Å²) in [6.07, 6.45) is -3.75. The maximum Gasteiger partial charge on any atom is 0.416 e. The van der Waals surface area contributed by atoms with Gasteiger partial charge in [0.05, 0.1) is 38.8 Å². The fourth-order valence-corrected chi connectivity index (χ4v) is 5.25. The van der Waals surface area contributed by atoms with Gasteiger partial charge in [-0.15, -0.1) is 0 Å². The molecule has 4 rings (SSSR count). The van der Waals surface area contributed by atoms with Crippen LogP contribution < -0.4 is 10.6 Å². The highest BCUT2D eigenvalue weighted by molar-refractivity contribution is 7.15. The van der Waals surface area contributed by atoms with Crippen LogP contribution in [0.2, 0.25) is 5.02 Å². The molecule has 170 valence electrons. The van der Waals surface area contributed by atoms with Crippen molar-refractivity contribution in [3.63, 3.8) is 0 Å². The number of ketones is 1. The predicted molar refractivity (Wildman–Crippen MR) is 115 cm³/mol. The Labute approximate surface area is 194 Å². The summed E-state index contributed by atoms with van der Waals surface area (Å²) in [5, 5.41) is 20.9. The van der Waals surface area contributed by atoms with Crippen molar-refractivity contribution >= 4 is 39.4 Å². The summed E-state index contributed by atoms with van der Waals surface area (Å²) in [6, 6.07) is 7.42. The molecule has 0 unspecified atom stereocenters. The van der Waals surface area contributed by atoms with E-state index in [0.29, 0.717) is 23.4 Å². The van der Waals surface area contributed by atoms with Crippen molar-refractivity contribution in [1.29, 1.82) is 5.26 Å². The van der Waals surface area contributed by atoms with Gasteiger partial charge in [0, 0.05) is 28.6 Å². The van der Waals surface area contributed by atoms with Gasteiger partial charge in [0.1, 0.15) is 5.82 Å². The maximum absolute atomic E-state index is 13.4. The van der Waals surface area contributed by atoms with Crippen molar-refractivity contribution in [2.24, 2.45) is 5.73 Å². The third-order valence-corrected chi connectivity index (χ3v) is 6.93. The van der Waals surface area contributed by atoms with Gasteiger partial charge in [0.25, 0.3) is 0 Å². The number of nitrogens with zero attached hydrogens (tertiary/aromatic N) is 3. The van der Waals surface area contributed by atoms with Crippen molar-refractivity contribution < 1.29 is 22.9 Å². The van der Waals surface area contributed by atoms with Gasteiger partial charge < -0.3 is 5.73 Å². The van der Waals surface area contributed by atoms with E-state index in [-0.39, 0.29) is 44.9 Å². The summed E-state index contributed by atoms with van der Waals surface area (Å²) in [6.45, 7) is 0. The molecule has 0 amide bonds. The van der Waals surface area contributed by atoms with Crippen LogP contribution >= 0.6 is 22.9 Å². The number of halogens is 4. The number of rotatable bonds is 3. The molecule has 2 N–H and O–H groups in total. The zero-order valence-corrected chi connectivity index (χ0v) is 18.2. The molecular formula is C21H14ClF3N4O3S. The zero-order valence-electron chi connectivity index (χ0n) is 16.6. The Morgan fingerprint density at radius 3 is 2.61 bits per heavy atom. The Bertz CT molecular complexity index is 1290. The number of anilines is 1. The summed E-state index contributed by atoms with van der Waals surface area (Å²) < 4.78 is 40.1. The minimum Gasteiger partial charge on any atom is -0.384 e. The standard InChI is InChI=1S/C21H14ClF3N4O3S/c22-12-5-4-10(21(23,24)25)8-14(12)28-13-2-1-3-15(30)19(13)18(11(9-26)20(28)27)16-6-7-17(33-16)29(31)32/h4-8,18H,1-3,27H2/t18-/m0/s1. The summed E-state index contributed by atoms with van der Waals surface area (Å²) in [7, 11) is 0. The highest BCUT2D eigenvalue weighted by Crippen LogP contribution is 2.49. The number of alkyl halides is 3. The van der Waals surface area contributed by atoms with Crippen molar-refractivity contribution in [2.45, 2.75) is 31.4 Å². The molecule has 0 saturated carbocycles. The number of carbonyl (C=O) groups excluding carboxylic acids is 1. The van der Waals surface area contributed by atoms with Crippen LogP contribution in [0.5, 0.6) is 0 Å². The lowest BCUT2D eigenvalue weighted by Gasteiger charge is -2.39. The van der Waals surface area contributed by atoms with Crippen molar-refractivity contribution in [3.8, 4) is 6.07 Å². The number of nitriles is 1. The van der Waals surface area contributed by atoms with Crippen LogP contribution in [-0.4, -0.2) is 10.7 Å². The maximum atomic E-state index is 13.4. The molecule has 7 nitrogen and oxygen atoms in total. The quantitative estimate of drug-likeness (QED) is 0.436. The van der Waals surface area contributed by atoms with Gasteiger partial charge >= 0.3 is 11.2 Å². The lowest BCUT2D eigenvalue weighted by molar-refractivity contribution is -0.380. The average molecular weight is 495 g/mol. The SMILES string of the molecule is N#CC1=C(N)N(c2cc(C(F)(F)F)ccc2Cl)C2=C(C(=O)CCC2)[C@@H]1c1ccc([N+](=O)[O-])s1. The Morgan fingerprint density at radius 2 is 2.00 bits per heavy atom. The summed E-state index contributed by atoms with van der Waals surface area (Å²) in [5.74, 6) is -1.42. The first-order valence-corrected chi connectivity index (χ1v) is 10.8. The fourth-order valence-electron chi connectivity index (χ4n) is 4.10. The van der Waals surface area contributed by atoms with Crippen LogP contribution in [0.1, 0.15) is 35.6 Å². The minimum atomic E-state index is -4.65. The van der Waals surface area contributed by atoms with E-state index >= 15 is 0 Å². The number of hydrogen-bond acceptors (Lipinski definition) is 7. The molecule has 2 heterocycles. The number of benzene rings is 1. The van der Waals surface area contributed by atoms with Crippen molar-refractivity contribution in [3.05, 3.63) is 78.6 Å². The minimum absolute atomic E-state index is 0.0432. The number of carbonyl (C=O) groups is 1. The molecule has 0 radical (unpaired) electrons. The predicted octanol–water partition coefficient (Wildman–Crippen LogP) is 5.63. The Morgan fingerprint density at radius 1 is 1.27 bits per heavy atom. The van der Waals surface area contributed by atoms with Gasteiger partial charge in [-0.1, -0.05) is 22.9 Å². The number of nitrogens with two attached hydrogens (primary N) is 1. The number of hydrogen-bond donors (Lipinski definition) is 1. The Balaban J connectivity index is 1.97. The van der Waals surface area contributed by atoms with Gasteiger partial charge in [-0.3, -0.25) is 19.8 Å². The first-order chi connectivity index (χ1) is 15.5. The number of nitro groups is 1. The van der Waals surface area contributed by atoms with Gasteiger partial charge in [0.15, 0.2) is 5.78 Å². The van der Waals surface area contributed by atoms with Crippen molar-refractivity contribution in [1.82, 2.24) is 0 Å². The van der Waals surface area contributed by atoms with E-state index in [0.717, 1.165) is 29.5 Å². The molecule has 12 heteroatoms. The first-order valence-electron chi connectivity index (χ1n) is 9.61. The van der Waals surface area contributed by atoms with Crippen molar-refractivity contribution in [2.75, 3.05) is 4.90 Å². The molecule has 0 spiro atoms. The van der Waals surface area contributed by atoms with Gasteiger partial charge in [-0.05, 0) is 37.1 Å². The van der Waals surface area contributed by atoms with Gasteiger partial charge in [0.2, 0.25) is 0 Å². The van der Waals surface area contributed by atoms with Gasteiger partial charge in [-0.25, -0.2) is 0 Å². The van der Waals surface area contributed by atoms with E-state index in [4.69, 9.17) is 17.3 Å². The smallest absolute Gasteiger partial charge is 0.384 e. The molecular weight excluding hydrogens is 481 g/mol. The molecule has 1 aromatic heterocycles. The molecule has 0 fully saturated rings. The lowest BCUT2D eigenvalue weighted by atomic mass is 9.78. The van der Waals surface area contributed by atoms with E-state index in [2.05, 4.69) is 0 Å². The topological polar surface area (TPSA) is 113 Å². The Kier molecular flexibility index (Phi) is 5.67. The summed E-state index contributed by atoms with van der Waals surface area (Å²) >= 11 is 7.06. The largest absolute Gasteiger partial charge is 0.416 e. The van der Waals surface area contributed by atoms with Crippen LogP contribution in [0, 0.1) is 21.4 Å². The number of Topliss-reactive ketones (excluding diaryl/α,β-unsaturated/α-hetero) is 1. The molecule has 0 saturated heterocycles. The van der Waals surface area contributed by atoms with E-state index in [1.54, 1.807) is 0 Å². The molecule has 2 aliphatic rings. The molecule has 1 aliphatic heterocycles. The third kappa shape index (κ3) is 3.85. The second-order valence-electron chi connectivity index (χ2n) is 7.41. The third-order valence-electron chi connectivity index (χ3n) is 5.50. The fraction of sp³-hybridized carbons (Fsp3) is 0.238. The van der Waals surface area contributed by atoms with E-state index in [1.165, 1.54) is 17.0 Å². The normalized spacial score (nSPS) is 18.9. The highest BCUT2D eigenvalue weighted by atomic mass is 35.5. The Hall–Kier alpha value is -3.36. The summed E-state index contributed by atoms with van der Waals surface area (Å²) in [5.41, 5.74) is 5.68. The molecule has 1 aromatic carbocycles. The van der Waals surface area contributed by atoms with Gasteiger partial charge in [-0.2, -0.15) is 18.4 Å². The lowest BCUT2D eigenvalue weighted by Crippen LogP contribution is -2.38. The van der Waals surface area contributed by atoms with Crippen LogP contribution in [0.15, 0.2) is 53.0 Å². The number of allylic oxidation sites excluding steroid dienone is 3. The zero-order chi connectivity index (χ0) is 24.1. The van der Waals surface area contributed by atoms with E-state index in [9.17, 15) is 33.3 Å². The first kappa shape index (κ1) is 22.8. The van der Waals surface area contributed by atoms with Crippen LogP contribution in [0.4, 0.5) is 23.9 Å². The molecule has 1 aliphatic carbocycles. The highest BCUT2D eigenvalue weighted by Gasteiger charge is 2.42. The average Bonchev–Trinajstić information content (AvgIpc) is 3.23. The molecule has 1 atom stereocenters. The second kappa shape index (κ2) is 8.20. The molecule has 2 aromatic rings.